The Balaban J connectivity index is 1.58. The first-order valence-electron chi connectivity index (χ1n) is 10.4. The average molecular weight is 465 g/mol. The highest BCUT2D eigenvalue weighted by Gasteiger charge is 2.34. The molecular weight excluding hydrogens is 440 g/mol. The normalized spacial score (nSPS) is 15.2. The number of carbonyl (C=O) groups is 2. The summed E-state index contributed by atoms with van der Waals surface area (Å²) in [5.74, 6) is 1.31. The Bertz CT molecular complexity index is 1190. The zero-order valence-corrected chi connectivity index (χ0v) is 19.4. The molecule has 0 N–H and O–H groups in total. The van der Waals surface area contributed by atoms with E-state index in [9.17, 15) is 9.59 Å². The van der Waals surface area contributed by atoms with Crippen molar-refractivity contribution in [2.75, 3.05) is 20.8 Å². The van der Waals surface area contributed by atoms with E-state index in [1.807, 2.05) is 35.7 Å². The average Bonchev–Trinajstić information content (AvgIpc) is 3.52. The van der Waals surface area contributed by atoms with Crippen LogP contribution in [0.1, 0.15) is 40.2 Å². The maximum atomic E-state index is 13.2. The number of hydrogen-bond acceptors (Lipinski definition) is 7. The summed E-state index contributed by atoms with van der Waals surface area (Å²) in [6.07, 6.45) is 0.571. The Labute approximate surface area is 196 Å². The quantitative estimate of drug-likeness (QED) is 0.451. The highest BCUT2D eigenvalue weighted by Crippen LogP contribution is 2.38. The van der Waals surface area contributed by atoms with E-state index in [0.29, 0.717) is 29.2 Å². The maximum absolute atomic E-state index is 13.2. The summed E-state index contributed by atoms with van der Waals surface area (Å²) in [5, 5.41) is 8.11. The second-order valence-corrected chi connectivity index (χ2v) is 8.42. The molecule has 1 aromatic heterocycles. The predicted molar refractivity (Wildman–Crippen MR) is 127 cm³/mol. The SMILES string of the molecule is COc1ccc(C2CC(c3cccs3)=NN2C(=O)COc2cccc(C(C)=O)c2)cc1OC. The number of ketones is 1. The van der Waals surface area contributed by atoms with E-state index in [0.717, 1.165) is 16.2 Å². The van der Waals surface area contributed by atoms with Crippen LogP contribution in [0.3, 0.4) is 0 Å². The number of methoxy groups -OCH3 is 2. The predicted octanol–water partition coefficient (Wildman–Crippen LogP) is 4.72. The molecule has 1 aliphatic rings. The van der Waals surface area contributed by atoms with Crippen molar-refractivity contribution in [2.24, 2.45) is 5.10 Å². The lowest BCUT2D eigenvalue weighted by Gasteiger charge is -2.23. The molecule has 33 heavy (non-hydrogen) atoms. The minimum Gasteiger partial charge on any atom is -0.493 e. The number of rotatable bonds is 8. The van der Waals surface area contributed by atoms with Gasteiger partial charge in [-0.2, -0.15) is 5.10 Å². The second kappa shape index (κ2) is 9.87. The van der Waals surface area contributed by atoms with Crippen LogP contribution in [-0.2, 0) is 4.79 Å². The Morgan fingerprint density at radius 1 is 1.06 bits per heavy atom. The van der Waals surface area contributed by atoms with E-state index in [2.05, 4.69) is 5.10 Å². The summed E-state index contributed by atoms with van der Waals surface area (Å²) in [6, 6.07) is 16.0. The molecule has 2 aromatic carbocycles. The van der Waals surface area contributed by atoms with Gasteiger partial charge in [-0.05, 0) is 48.2 Å². The smallest absolute Gasteiger partial charge is 0.281 e. The van der Waals surface area contributed by atoms with Crippen LogP contribution in [0.4, 0.5) is 0 Å². The Morgan fingerprint density at radius 2 is 1.88 bits per heavy atom. The molecule has 0 spiro atoms. The minimum atomic E-state index is -0.304. The van der Waals surface area contributed by atoms with Gasteiger partial charge in [-0.15, -0.1) is 11.3 Å². The number of hydrazone groups is 1. The van der Waals surface area contributed by atoms with Crippen molar-refractivity contribution in [1.82, 2.24) is 5.01 Å². The third-order valence-electron chi connectivity index (χ3n) is 5.37. The third-order valence-corrected chi connectivity index (χ3v) is 6.29. The first-order valence-corrected chi connectivity index (χ1v) is 11.3. The van der Waals surface area contributed by atoms with E-state index < -0.39 is 0 Å². The number of amides is 1. The van der Waals surface area contributed by atoms with Crippen LogP contribution >= 0.6 is 11.3 Å². The van der Waals surface area contributed by atoms with Gasteiger partial charge in [0.05, 0.1) is 30.9 Å². The maximum Gasteiger partial charge on any atom is 0.281 e. The van der Waals surface area contributed by atoms with Crippen LogP contribution in [0, 0.1) is 0 Å². The molecule has 1 unspecified atom stereocenters. The van der Waals surface area contributed by atoms with Gasteiger partial charge in [-0.3, -0.25) is 9.59 Å². The van der Waals surface area contributed by atoms with Crippen molar-refractivity contribution in [3.05, 3.63) is 76.0 Å². The van der Waals surface area contributed by atoms with Gasteiger partial charge in [-0.1, -0.05) is 24.3 Å². The number of Topliss-reactive ketones (excluding diaryl/α,β-unsaturated/α-hetero) is 1. The fraction of sp³-hybridized carbons (Fsp3) is 0.240. The number of benzene rings is 2. The van der Waals surface area contributed by atoms with Crippen LogP contribution < -0.4 is 14.2 Å². The van der Waals surface area contributed by atoms with Crippen LogP contribution in [0.2, 0.25) is 0 Å². The number of thiophene rings is 1. The van der Waals surface area contributed by atoms with Gasteiger partial charge < -0.3 is 14.2 Å². The van der Waals surface area contributed by atoms with Crippen molar-refractivity contribution >= 4 is 28.7 Å². The molecule has 1 aliphatic heterocycles. The van der Waals surface area contributed by atoms with E-state index in [1.165, 1.54) is 11.9 Å². The van der Waals surface area contributed by atoms with Crippen LogP contribution in [-0.4, -0.2) is 43.2 Å². The molecule has 0 saturated carbocycles. The zero-order valence-electron chi connectivity index (χ0n) is 18.6. The molecule has 0 aliphatic carbocycles. The van der Waals surface area contributed by atoms with E-state index in [1.54, 1.807) is 49.8 Å². The molecule has 170 valence electrons. The zero-order chi connectivity index (χ0) is 23.4. The van der Waals surface area contributed by atoms with Crippen molar-refractivity contribution in [2.45, 2.75) is 19.4 Å². The van der Waals surface area contributed by atoms with Crippen molar-refractivity contribution in [3.8, 4) is 17.2 Å². The van der Waals surface area contributed by atoms with Gasteiger partial charge >= 0.3 is 0 Å². The summed E-state index contributed by atoms with van der Waals surface area (Å²) in [4.78, 5) is 25.8. The van der Waals surface area contributed by atoms with E-state index in [-0.39, 0.29) is 24.3 Å². The molecule has 2 heterocycles. The lowest BCUT2D eigenvalue weighted by Crippen LogP contribution is -2.31. The standard InChI is InChI=1S/C25H24N2O5S/c1-16(28)17-6-4-7-19(12-17)32-15-25(29)27-21(14-20(26-27)24-8-5-11-33-24)18-9-10-22(30-2)23(13-18)31-3/h4-13,21H,14-15H2,1-3H3. The largest absolute Gasteiger partial charge is 0.493 e. The Kier molecular flexibility index (Phi) is 6.74. The minimum absolute atomic E-state index is 0.0648. The van der Waals surface area contributed by atoms with Crippen LogP contribution in [0.25, 0.3) is 0 Å². The molecular formula is C25H24N2O5S. The number of nitrogens with zero attached hydrogens (tertiary/aromatic N) is 2. The molecule has 0 saturated heterocycles. The highest BCUT2D eigenvalue weighted by atomic mass is 32.1. The summed E-state index contributed by atoms with van der Waals surface area (Å²) in [6.45, 7) is 1.29. The van der Waals surface area contributed by atoms with Crippen molar-refractivity contribution < 1.29 is 23.8 Å². The number of hydrogen-bond donors (Lipinski definition) is 0. The fourth-order valence-corrected chi connectivity index (χ4v) is 4.39. The number of carbonyl (C=O) groups excluding carboxylic acids is 2. The van der Waals surface area contributed by atoms with Gasteiger partial charge in [0.2, 0.25) is 0 Å². The second-order valence-electron chi connectivity index (χ2n) is 7.47. The summed E-state index contributed by atoms with van der Waals surface area (Å²) in [7, 11) is 3.16. The van der Waals surface area contributed by atoms with Gasteiger partial charge in [0.25, 0.3) is 5.91 Å². The van der Waals surface area contributed by atoms with Gasteiger partial charge in [0, 0.05) is 12.0 Å². The Hall–Kier alpha value is -3.65. The first kappa shape index (κ1) is 22.5. The Morgan fingerprint density at radius 3 is 2.58 bits per heavy atom. The summed E-state index contributed by atoms with van der Waals surface area (Å²) < 4.78 is 16.5. The first-order chi connectivity index (χ1) is 16.0. The van der Waals surface area contributed by atoms with Gasteiger partial charge in [0.15, 0.2) is 23.9 Å². The summed E-state index contributed by atoms with van der Waals surface area (Å²) >= 11 is 1.58. The van der Waals surface area contributed by atoms with Crippen LogP contribution in [0.5, 0.6) is 17.2 Å². The van der Waals surface area contributed by atoms with Crippen molar-refractivity contribution in [3.63, 3.8) is 0 Å². The number of ether oxygens (including phenoxy) is 3. The van der Waals surface area contributed by atoms with E-state index >= 15 is 0 Å². The molecule has 3 aromatic rings. The third kappa shape index (κ3) is 4.90. The molecule has 1 atom stereocenters. The molecule has 8 heteroatoms. The monoisotopic (exact) mass is 464 g/mol. The van der Waals surface area contributed by atoms with Gasteiger partial charge in [-0.25, -0.2) is 5.01 Å². The molecule has 0 fully saturated rings. The molecule has 7 nitrogen and oxygen atoms in total. The molecule has 1 amide bonds. The summed E-state index contributed by atoms with van der Waals surface area (Å²) in [5.41, 5.74) is 2.26. The highest BCUT2D eigenvalue weighted by molar-refractivity contribution is 7.12. The lowest BCUT2D eigenvalue weighted by atomic mass is 10.0. The van der Waals surface area contributed by atoms with Crippen molar-refractivity contribution in [1.29, 1.82) is 0 Å². The lowest BCUT2D eigenvalue weighted by molar-refractivity contribution is -0.135. The van der Waals surface area contributed by atoms with Gasteiger partial charge in [0.1, 0.15) is 5.75 Å². The van der Waals surface area contributed by atoms with Crippen LogP contribution in [0.15, 0.2) is 65.1 Å². The molecule has 0 radical (unpaired) electrons. The molecule has 4 rings (SSSR count). The fourth-order valence-electron chi connectivity index (χ4n) is 3.67. The van der Waals surface area contributed by atoms with E-state index in [4.69, 9.17) is 14.2 Å². The molecule has 0 bridgehead atoms. The topological polar surface area (TPSA) is 77.4 Å².